The molecule has 0 spiro atoms. The monoisotopic (exact) mass is 272 g/mol. The average Bonchev–Trinajstić information content (AvgIpc) is 3.28. The van der Waals surface area contributed by atoms with Crippen molar-refractivity contribution >= 4 is 17.6 Å². The van der Waals surface area contributed by atoms with Gasteiger partial charge in [-0.3, -0.25) is 4.79 Å². The molecule has 0 radical (unpaired) electrons. The summed E-state index contributed by atoms with van der Waals surface area (Å²) in [5, 5.41) is 3.09. The van der Waals surface area contributed by atoms with Crippen LogP contribution in [0.15, 0.2) is 29.3 Å². The van der Waals surface area contributed by atoms with Gasteiger partial charge in [0.05, 0.1) is 0 Å². The minimum Gasteiger partial charge on any atom is -0.370 e. The van der Waals surface area contributed by atoms with Crippen LogP contribution in [0.1, 0.15) is 24.8 Å². The Balaban J connectivity index is 1.65. The molecular formula is C15H20N4O. The van der Waals surface area contributed by atoms with Gasteiger partial charge in [-0.1, -0.05) is 18.2 Å². The first-order valence-electron chi connectivity index (χ1n) is 7.19. The SMILES string of the molecule is NC(=NCC(=O)N1CCCc2ccccc21)NC1CC1. The molecule has 5 nitrogen and oxygen atoms in total. The first-order chi connectivity index (χ1) is 9.74. The number of aryl methyl sites for hydroxylation is 1. The van der Waals surface area contributed by atoms with Crippen molar-refractivity contribution in [3.8, 4) is 0 Å². The van der Waals surface area contributed by atoms with Gasteiger partial charge in [0.25, 0.3) is 0 Å². The van der Waals surface area contributed by atoms with Crippen LogP contribution in [0.25, 0.3) is 0 Å². The van der Waals surface area contributed by atoms with E-state index in [2.05, 4.69) is 16.4 Å². The zero-order chi connectivity index (χ0) is 13.9. The van der Waals surface area contributed by atoms with Gasteiger partial charge in [0.2, 0.25) is 5.91 Å². The number of carbonyl (C=O) groups is 1. The standard InChI is InChI=1S/C15H20N4O/c16-15(18-12-7-8-12)17-10-14(20)19-9-3-5-11-4-1-2-6-13(11)19/h1-2,4,6,12H,3,5,7-10H2,(H3,16,17,18). The highest BCUT2D eigenvalue weighted by atomic mass is 16.2. The van der Waals surface area contributed by atoms with E-state index in [9.17, 15) is 4.79 Å². The summed E-state index contributed by atoms with van der Waals surface area (Å²) < 4.78 is 0. The third-order valence-corrected chi connectivity index (χ3v) is 3.73. The Kier molecular flexibility index (Phi) is 3.58. The zero-order valence-electron chi connectivity index (χ0n) is 11.5. The predicted molar refractivity (Wildman–Crippen MR) is 79.8 cm³/mol. The van der Waals surface area contributed by atoms with Gasteiger partial charge < -0.3 is 16.0 Å². The smallest absolute Gasteiger partial charge is 0.248 e. The Hall–Kier alpha value is -2.04. The van der Waals surface area contributed by atoms with Crippen LogP contribution in [0, 0.1) is 0 Å². The van der Waals surface area contributed by atoms with E-state index < -0.39 is 0 Å². The number of para-hydroxylation sites is 1. The molecule has 1 saturated carbocycles. The largest absolute Gasteiger partial charge is 0.370 e. The number of nitrogens with zero attached hydrogens (tertiary/aromatic N) is 2. The van der Waals surface area contributed by atoms with Crippen LogP contribution in [0.3, 0.4) is 0 Å². The number of nitrogens with one attached hydrogen (secondary N) is 1. The number of rotatable bonds is 3. The topological polar surface area (TPSA) is 70.7 Å². The first kappa shape index (κ1) is 13.0. The van der Waals surface area contributed by atoms with Gasteiger partial charge in [-0.2, -0.15) is 0 Å². The van der Waals surface area contributed by atoms with Gasteiger partial charge in [-0.25, -0.2) is 4.99 Å². The molecule has 2 aliphatic rings. The molecule has 0 bridgehead atoms. The molecule has 1 aromatic rings. The summed E-state index contributed by atoms with van der Waals surface area (Å²) in [7, 11) is 0. The highest BCUT2D eigenvalue weighted by molar-refractivity contribution is 5.97. The van der Waals surface area contributed by atoms with Crippen LogP contribution >= 0.6 is 0 Å². The maximum absolute atomic E-state index is 12.3. The minimum absolute atomic E-state index is 0.0118. The fourth-order valence-electron chi connectivity index (χ4n) is 2.51. The second kappa shape index (κ2) is 5.53. The van der Waals surface area contributed by atoms with Crippen LogP contribution < -0.4 is 16.0 Å². The Labute approximate surface area is 118 Å². The van der Waals surface area contributed by atoms with Crippen molar-refractivity contribution in [2.45, 2.75) is 31.7 Å². The maximum Gasteiger partial charge on any atom is 0.248 e. The van der Waals surface area contributed by atoms with E-state index in [1.54, 1.807) is 0 Å². The number of carbonyl (C=O) groups excluding carboxylic acids is 1. The van der Waals surface area contributed by atoms with Crippen molar-refractivity contribution in [3.05, 3.63) is 29.8 Å². The number of guanidine groups is 1. The molecule has 1 amide bonds. The van der Waals surface area contributed by atoms with E-state index in [1.807, 2.05) is 23.1 Å². The van der Waals surface area contributed by atoms with E-state index in [0.717, 1.165) is 37.9 Å². The number of amides is 1. The quantitative estimate of drug-likeness (QED) is 0.638. The van der Waals surface area contributed by atoms with E-state index in [4.69, 9.17) is 5.73 Å². The summed E-state index contributed by atoms with van der Waals surface area (Å²) >= 11 is 0. The van der Waals surface area contributed by atoms with E-state index >= 15 is 0 Å². The summed E-state index contributed by atoms with van der Waals surface area (Å²) in [5.41, 5.74) is 8.01. The summed E-state index contributed by atoms with van der Waals surface area (Å²) in [4.78, 5) is 18.3. The molecule has 20 heavy (non-hydrogen) atoms. The molecule has 1 aromatic carbocycles. The highest BCUT2D eigenvalue weighted by Gasteiger charge is 2.23. The van der Waals surface area contributed by atoms with Crippen LogP contribution in [-0.4, -0.2) is 31.0 Å². The van der Waals surface area contributed by atoms with Crippen molar-refractivity contribution in [2.75, 3.05) is 18.0 Å². The highest BCUT2D eigenvalue weighted by Crippen LogP contribution is 2.26. The molecule has 0 unspecified atom stereocenters. The summed E-state index contributed by atoms with van der Waals surface area (Å²) in [5.74, 6) is 0.392. The van der Waals surface area contributed by atoms with E-state index in [-0.39, 0.29) is 12.5 Å². The van der Waals surface area contributed by atoms with E-state index in [0.29, 0.717) is 12.0 Å². The number of anilines is 1. The summed E-state index contributed by atoms with van der Waals surface area (Å²) in [6.07, 6.45) is 4.32. The summed E-state index contributed by atoms with van der Waals surface area (Å²) in [6, 6.07) is 8.53. The Bertz CT molecular complexity index is 536. The molecule has 0 saturated heterocycles. The molecule has 5 heteroatoms. The molecule has 1 aliphatic carbocycles. The van der Waals surface area contributed by atoms with Gasteiger partial charge in [0.15, 0.2) is 5.96 Å². The fraction of sp³-hybridized carbons (Fsp3) is 0.467. The molecule has 106 valence electrons. The third kappa shape index (κ3) is 2.92. The second-order valence-electron chi connectivity index (χ2n) is 5.40. The van der Waals surface area contributed by atoms with Crippen molar-refractivity contribution in [3.63, 3.8) is 0 Å². The molecular weight excluding hydrogens is 252 g/mol. The first-order valence-corrected chi connectivity index (χ1v) is 7.19. The fourth-order valence-corrected chi connectivity index (χ4v) is 2.51. The lowest BCUT2D eigenvalue weighted by Gasteiger charge is -2.29. The Morgan fingerprint density at radius 2 is 2.20 bits per heavy atom. The van der Waals surface area contributed by atoms with E-state index in [1.165, 1.54) is 5.56 Å². The number of hydrogen-bond donors (Lipinski definition) is 2. The molecule has 0 atom stereocenters. The van der Waals surface area contributed by atoms with Crippen molar-refractivity contribution in [1.29, 1.82) is 0 Å². The average molecular weight is 272 g/mol. The van der Waals surface area contributed by atoms with Gasteiger partial charge in [-0.05, 0) is 37.3 Å². The molecule has 1 heterocycles. The van der Waals surface area contributed by atoms with Crippen LogP contribution in [0.2, 0.25) is 0 Å². The maximum atomic E-state index is 12.3. The van der Waals surface area contributed by atoms with Crippen molar-refractivity contribution in [1.82, 2.24) is 5.32 Å². The molecule has 3 rings (SSSR count). The van der Waals surface area contributed by atoms with Gasteiger partial charge in [0, 0.05) is 18.3 Å². The second-order valence-corrected chi connectivity index (χ2v) is 5.40. The lowest BCUT2D eigenvalue weighted by atomic mass is 10.0. The van der Waals surface area contributed by atoms with Crippen molar-refractivity contribution in [2.24, 2.45) is 10.7 Å². The number of hydrogen-bond acceptors (Lipinski definition) is 2. The normalized spacial score (nSPS) is 18.6. The number of nitrogens with two attached hydrogens (primary N) is 1. The number of aliphatic imine (C=N–C) groups is 1. The Morgan fingerprint density at radius 1 is 1.40 bits per heavy atom. The lowest BCUT2D eigenvalue weighted by Crippen LogP contribution is -2.39. The molecule has 0 aromatic heterocycles. The predicted octanol–water partition coefficient (Wildman–Crippen LogP) is 1.03. The van der Waals surface area contributed by atoms with Crippen molar-refractivity contribution < 1.29 is 4.79 Å². The van der Waals surface area contributed by atoms with Gasteiger partial charge in [0.1, 0.15) is 6.54 Å². The van der Waals surface area contributed by atoms with Crippen LogP contribution in [0.5, 0.6) is 0 Å². The third-order valence-electron chi connectivity index (χ3n) is 3.73. The molecule has 1 aliphatic heterocycles. The summed E-state index contributed by atoms with van der Waals surface area (Å²) in [6.45, 7) is 0.876. The van der Waals surface area contributed by atoms with Gasteiger partial charge in [-0.15, -0.1) is 0 Å². The lowest BCUT2D eigenvalue weighted by molar-refractivity contribution is -0.117. The number of benzene rings is 1. The number of fused-ring (bicyclic) bond motifs is 1. The minimum atomic E-state index is 0.0118. The molecule has 1 fully saturated rings. The van der Waals surface area contributed by atoms with Crippen LogP contribution in [-0.2, 0) is 11.2 Å². The zero-order valence-corrected chi connectivity index (χ0v) is 11.5. The molecule has 3 N–H and O–H groups in total. The van der Waals surface area contributed by atoms with Gasteiger partial charge >= 0.3 is 0 Å². The van der Waals surface area contributed by atoms with Crippen LogP contribution in [0.4, 0.5) is 5.69 Å². The Morgan fingerprint density at radius 3 is 3.00 bits per heavy atom.